The van der Waals surface area contributed by atoms with E-state index >= 15 is 0 Å². The van der Waals surface area contributed by atoms with Crippen molar-refractivity contribution in [2.24, 2.45) is 0 Å². The third-order valence-corrected chi connectivity index (χ3v) is 5.18. The van der Waals surface area contributed by atoms with Crippen molar-refractivity contribution in [1.29, 1.82) is 0 Å². The molecule has 3 rings (SSSR count). The molecule has 0 aromatic heterocycles. The van der Waals surface area contributed by atoms with Gasteiger partial charge in [0.2, 0.25) is 5.75 Å². The number of ether oxygens (including phenoxy) is 5. The fraction of sp³-hybridized carbons (Fsp3) is 0.409. The van der Waals surface area contributed by atoms with Crippen molar-refractivity contribution in [3.05, 3.63) is 42.0 Å². The molecule has 31 heavy (non-hydrogen) atoms. The summed E-state index contributed by atoms with van der Waals surface area (Å²) in [6, 6.07) is 10.9. The van der Waals surface area contributed by atoms with Crippen LogP contribution in [0.5, 0.6) is 28.7 Å². The summed E-state index contributed by atoms with van der Waals surface area (Å²) in [7, 11) is 6.31. The molecule has 9 heteroatoms. The van der Waals surface area contributed by atoms with E-state index < -0.39 is 0 Å². The highest BCUT2D eigenvalue weighted by Crippen LogP contribution is 2.41. The SMILES string of the molecule is COc1ccc(OCC(=O)NC2NNC(C)C2c2cc(OC)c(OC)c(OC)c2)cc1. The predicted octanol–water partition coefficient (Wildman–Crippen LogP) is 1.82. The molecule has 1 fully saturated rings. The van der Waals surface area contributed by atoms with E-state index in [1.165, 1.54) is 0 Å². The average molecular weight is 431 g/mol. The van der Waals surface area contributed by atoms with Crippen LogP contribution in [0, 0.1) is 0 Å². The Kier molecular flexibility index (Phi) is 7.43. The summed E-state index contributed by atoms with van der Waals surface area (Å²) in [6.45, 7) is 1.92. The number of benzene rings is 2. The van der Waals surface area contributed by atoms with Crippen molar-refractivity contribution in [1.82, 2.24) is 16.2 Å². The molecular weight excluding hydrogens is 402 g/mol. The highest BCUT2D eigenvalue weighted by Gasteiger charge is 2.36. The quantitative estimate of drug-likeness (QED) is 0.553. The topological polar surface area (TPSA) is 99.3 Å². The van der Waals surface area contributed by atoms with Gasteiger partial charge in [-0.05, 0) is 48.9 Å². The number of hydrogen-bond acceptors (Lipinski definition) is 8. The zero-order valence-electron chi connectivity index (χ0n) is 18.4. The minimum absolute atomic E-state index is 0.0376. The van der Waals surface area contributed by atoms with Gasteiger partial charge in [-0.3, -0.25) is 10.2 Å². The van der Waals surface area contributed by atoms with Crippen LogP contribution < -0.4 is 39.9 Å². The van der Waals surface area contributed by atoms with Crippen molar-refractivity contribution in [3.63, 3.8) is 0 Å². The number of carbonyl (C=O) groups excluding carboxylic acids is 1. The number of hydrazine groups is 1. The second kappa shape index (κ2) is 10.2. The number of nitrogens with one attached hydrogen (secondary N) is 3. The molecular formula is C22H29N3O6. The molecule has 2 aromatic carbocycles. The van der Waals surface area contributed by atoms with E-state index in [1.54, 1.807) is 52.7 Å². The fourth-order valence-electron chi connectivity index (χ4n) is 3.63. The lowest BCUT2D eigenvalue weighted by atomic mass is 9.90. The monoisotopic (exact) mass is 431 g/mol. The van der Waals surface area contributed by atoms with Crippen LogP contribution in [0.1, 0.15) is 18.4 Å². The van der Waals surface area contributed by atoms with Gasteiger partial charge in [0.15, 0.2) is 18.1 Å². The van der Waals surface area contributed by atoms with Gasteiger partial charge < -0.3 is 29.0 Å². The number of hydrogen-bond donors (Lipinski definition) is 3. The van der Waals surface area contributed by atoms with Gasteiger partial charge in [0.1, 0.15) is 17.7 Å². The zero-order chi connectivity index (χ0) is 22.4. The van der Waals surface area contributed by atoms with E-state index in [0.29, 0.717) is 23.0 Å². The second-order valence-electron chi connectivity index (χ2n) is 7.07. The molecule has 0 spiro atoms. The van der Waals surface area contributed by atoms with Crippen LogP contribution in [0.15, 0.2) is 36.4 Å². The Morgan fingerprint density at radius 2 is 1.52 bits per heavy atom. The lowest BCUT2D eigenvalue weighted by Crippen LogP contribution is -2.47. The largest absolute Gasteiger partial charge is 0.497 e. The number of rotatable bonds is 9. The molecule has 1 aliphatic rings. The van der Waals surface area contributed by atoms with E-state index in [1.807, 2.05) is 19.1 Å². The van der Waals surface area contributed by atoms with Gasteiger partial charge in [-0.1, -0.05) is 0 Å². The average Bonchev–Trinajstić information content (AvgIpc) is 3.16. The maximum absolute atomic E-state index is 12.5. The first-order valence-corrected chi connectivity index (χ1v) is 9.87. The molecule has 1 amide bonds. The lowest BCUT2D eigenvalue weighted by molar-refractivity contribution is -0.124. The first-order valence-electron chi connectivity index (χ1n) is 9.87. The highest BCUT2D eigenvalue weighted by molar-refractivity contribution is 5.78. The maximum atomic E-state index is 12.5. The normalized spacial score (nSPS) is 20.1. The molecule has 0 radical (unpaired) electrons. The standard InChI is InChI=1S/C22H29N3O6/c1-13-20(14-10-17(28-3)21(30-5)18(11-14)29-4)22(25-24-13)23-19(26)12-31-16-8-6-15(27-2)7-9-16/h6-11,13,20,22,24-25H,12H2,1-5H3,(H,23,26). The van der Waals surface area contributed by atoms with Gasteiger partial charge in [0.25, 0.3) is 5.91 Å². The Hall–Kier alpha value is -3.17. The van der Waals surface area contributed by atoms with Gasteiger partial charge in [0, 0.05) is 12.0 Å². The summed E-state index contributed by atoms with van der Waals surface area (Å²) < 4.78 is 27.0. The van der Waals surface area contributed by atoms with Crippen LogP contribution in [0.3, 0.4) is 0 Å². The molecule has 0 aliphatic carbocycles. The molecule has 3 N–H and O–H groups in total. The predicted molar refractivity (Wildman–Crippen MR) is 115 cm³/mol. The van der Waals surface area contributed by atoms with Crippen molar-refractivity contribution >= 4 is 5.91 Å². The summed E-state index contributed by atoms with van der Waals surface area (Å²) in [4.78, 5) is 12.5. The second-order valence-corrected chi connectivity index (χ2v) is 7.07. The Balaban J connectivity index is 1.70. The van der Waals surface area contributed by atoms with Crippen LogP contribution in [0.4, 0.5) is 0 Å². The molecule has 9 nitrogen and oxygen atoms in total. The van der Waals surface area contributed by atoms with Crippen molar-refractivity contribution < 1.29 is 28.5 Å². The Morgan fingerprint density at radius 3 is 2.06 bits per heavy atom. The smallest absolute Gasteiger partial charge is 0.259 e. The van der Waals surface area contributed by atoms with Crippen molar-refractivity contribution in [3.8, 4) is 28.7 Å². The maximum Gasteiger partial charge on any atom is 0.259 e. The minimum Gasteiger partial charge on any atom is -0.497 e. The van der Waals surface area contributed by atoms with Crippen LogP contribution in [0.25, 0.3) is 0 Å². The molecule has 2 aromatic rings. The van der Waals surface area contributed by atoms with Crippen molar-refractivity contribution in [2.75, 3.05) is 35.0 Å². The van der Waals surface area contributed by atoms with E-state index in [-0.39, 0.29) is 30.6 Å². The van der Waals surface area contributed by atoms with Crippen LogP contribution >= 0.6 is 0 Å². The molecule has 1 saturated heterocycles. The molecule has 0 bridgehead atoms. The summed E-state index contributed by atoms with van der Waals surface area (Å²) >= 11 is 0. The Labute approximate surface area is 181 Å². The molecule has 168 valence electrons. The summed E-state index contributed by atoms with van der Waals surface area (Å²) in [5, 5.41) is 2.98. The van der Waals surface area contributed by atoms with Gasteiger partial charge in [-0.25, -0.2) is 5.43 Å². The van der Waals surface area contributed by atoms with E-state index in [0.717, 1.165) is 11.3 Å². The Morgan fingerprint density at radius 1 is 0.903 bits per heavy atom. The van der Waals surface area contributed by atoms with Gasteiger partial charge >= 0.3 is 0 Å². The third kappa shape index (κ3) is 5.12. The minimum atomic E-state index is -0.357. The first-order chi connectivity index (χ1) is 15.0. The highest BCUT2D eigenvalue weighted by atomic mass is 16.5. The first kappa shape index (κ1) is 22.5. The number of amides is 1. The molecule has 0 saturated carbocycles. The van der Waals surface area contributed by atoms with Gasteiger partial charge in [-0.15, -0.1) is 0 Å². The Bertz CT molecular complexity index is 864. The number of carbonyl (C=O) groups is 1. The van der Waals surface area contributed by atoms with Gasteiger partial charge in [-0.2, -0.15) is 0 Å². The van der Waals surface area contributed by atoms with E-state index in [2.05, 4.69) is 16.2 Å². The summed E-state index contributed by atoms with van der Waals surface area (Å²) in [5.41, 5.74) is 7.25. The summed E-state index contributed by atoms with van der Waals surface area (Å²) in [6.07, 6.45) is -0.357. The third-order valence-electron chi connectivity index (χ3n) is 5.18. The molecule has 3 unspecified atom stereocenters. The molecule has 1 aliphatic heterocycles. The van der Waals surface area contributed by atoms with Crippen LogP contribution in [-0.4, -0.2) is 53.2 Å². The zero-order valence-corrected chi connectivity index (χ0v) is 18.4. The lowest BCUT2D eigenvalue weighted by Gasteiger charge is -2.24. The van der Waals surface area contributed by atoms with Crippen LogP contribution in [-0.2, 0) is 4.79 Å². The fourth-order valence-corrected chi connectivity index (χ4v) is 3.63. The molecule has 3 atom stereocenters. The number of methoxy groups -OCH3 is 4. The van der Waals surface area contributed by atoms with E-state index in [9.17, 15) is 4.79 Å². The summed E-state index contributed by atoms with van der Waals surface area (Å²) in [5.74, 6) is 2.62. The molecule has 1 heterocycles. The van der Waals surface area contributed by atoms with Gasteiger partial charge in [0.05, 0.1) is 28.4 Å². The van der Waals surface area contributed by atoms with Crippen molar-refractivity contribution in [2.45, 2.75) is 25.0 Å². The van der Waals surface area contributed by atoms with Crippen LogP contribution in [0.2, 0.25) is 0 Å². The van der Waals surface area contributed by atoms with E-state index in [4.69, 9.17) is 23.7 Å².